The molecule has 3 nitrogen and oxygen atoms in total. The molecule has 1 N–H and O–H groups in total. The van der Waals surface area contributed by atoms with Gasteiger partial charge >= 0.3 is 0 Å². The van der Waals surface area contributed by atoms with Gasteiger partial charge in [-0.3, -0.25) is 4.98 Å². The number of aromatic nitrogens is 2. The summed E-state index contributed by atoms with van der Waals surface area (Å²) >= 11 is 0. The number of aryl methyl sites for hydroxylation is 2. The van der Waals surface area contributed by atoms with Gasteiger partial charge in [-0.2, -0.15) is 0 Å². The van der Waals surface area contributed by atoms with Gasteiger partial charge in [0, 0.05) is 12.2 Å². The molecule has 0 radical (unpaired) electrons. The second kappa shape index (κ2) is 5.03. The highest BCUT2D eigenvalue weighted by molar-refractivity contribution is 5.40. The summed E-state index contributed by atoms with van der Waals surface area (Å²) in [7, 11) is 0. The first-order chi connectivity index (χ1) is 8.08. The van der Waals surface area contributed by atoms with Gasteiger partial charge in [0.15, 0.2) is 0 Å². The first-order valence-electron chi connectivity index (χ1n) is 6.64. The molecule has 0 aliphatic heterocycles. The molecule has 1 aromatic rings. The van der Waals surface area contributed by atoms with E-state index >= 15 is 0 Å². The molecule has 2 rings (SSSR count). The molecule has 94 valence electrons. The second-order valence-electron chi connectivity index (χ2n) is 5.46. The van der Waals surface area contributed by atoms with E-state index in [1.54, 1.807) is 0 Å². The van der Waals surface area contributed by atoms with Crippen LogP contribution >= 0.6 is 0 Å². The van der Waals surface area contributed by atoms with E-state index in [-0.39, 0.29) is 0 Å². The minimum atomic E-state index is 0.550. The Morgan fingerprint density at radius 2 is 2.00 bits per heavy atom. The Kier molecular flexibility index (Phi) is 3.65. The van der Waals surface area contributed by atoms with Gasteiger partial charge in [0.2, 0.25) is 0 Å². The molecule has 0 spiro atoms. The highest BCUT2D eigenvalue weighted by atomic mass is 15.0. The first kappa shape index (κ1) is 12.3. The molecule has 17 heavy (non-hydrogen) atoms. The number of anilines is 1. The summed E-state index contributed by atoms with van der Waals surface area (Å²) in [5.74, 6) is 2.49. The maximum atomic E-state index is 4.55. The molecular weight excluding hydrogens is 210 g/mol. The topological polar surface area (TPSA) is 37.8 Å². The van der Waals surface area contributed by atoms with E-state index in [4.69, 9.17) is 0 Å². The zero-order valence-corrected chi connectivity index (χ0v) is 11.3. The van der Waals surface area contributed by atoms with E-state index in [2.05, 4.69) is 29.1 Å². The molecule has 3 heteroatoms. The van der Waals surface area contributed by atoms with Crippen LogP contribution in [0.15, 0.2) is 6.20 Å². The zero-order valence-electron chi connectivity index (χ0n) is 11.3. The number of hydrogen-bond donors (Lipinski definition) is 1. The third kappa shape index (κ3) is 2.76. The smallest absolute Gasteiger partial charge is 0.147 e. The van der Waals surface area contributed by atoms with Crippen LogP contribution in [-0.4, -0.2) is 16.0 Å². The molecule has 0 unspecified atom stereocenters. The number of hydrogen-bond acceptors (Lipinski definition) is 3. The van der Waals surface area contributed by atoms with E-state index in [1.807, 2.05) is 20.0 Å². The lowest BCUT2D eigenvalue weighted by Crippen LogP contribution is -2.35. The summed E-state index contributed by atoms with van der Waals surface area (Å²) in [6, 6.07) is 0.550. The standard InChI is InChI=1S/C14H23N3/c1-9-6-5-7-13(11(9)3)17-14-12(4)15-8-10(2)16-14/h8-9,11,13H,5-7H2,1-4H3,(H,16,17)/t9-,11+,13-/m1/s1. The van der Waals surface area contributed by atoms with Crippen molar-refractivity contribution in [2.24, 2.45) is 11.8 Å². The maximum Gasteiger partial charge on any atom is 0.147 e. The third-order valence-corrected chi connectivity index (χ3v) is 4.10. The summed E-state index contributed by atoms with van der Waals surface area (Å²) in [5.41, 5.74) is 1.98. The number of nitrogens with zero attached hydrogens (tertiary/aromatic N) is 2. The van der Waals surface area contributed by atoms with Crippen molar-refractivity contribution >= 4 is 5.82 Å². The lowest BCUT2D eigenvalue weighted by molar-refractivity contribution is 0.252. The molecule has 0 amide bonds. The fourth-order valence-electron chi connectivity index (χ4n) is 2.64. The van der Waals surface area contributed by atoms with Crippen LogP contribution in [0, 0.1) is 25.7 Å². The van der Waals surface area contributed by atoms with Crippen LogP contribution in [0.4, 0.5) is 5.82 Å². The Hall–Kier alpha value is -1.12. The van der Waals surface area contributed by atoms with Crippen molar-refractivity contribution in [1.82, 2.24) is 9.97 Å². The maximum absolute atomic E-state index is 4.55. The van der Waals surface area contributed by atoms with Crippen molar-refractivity contribution < 1.29 is 0 Å². The minimum absolute atomic E-state index is 0.550. The van der Waals surface area contributed by atoms with Crippen LogP contribution in [0.3, 0.4) is 0 Å². The Morgan fingerprint density at radius 3 is 2.76 bits per heavy atom. The van der Waals surface area contributed by atoms with Crippen LogP contribution in [0.1, 0.15) is 44.5 Å². The quantitative estimate of drug-likeness (QED) is 0.851. The fraction of sp³-hybridized carbons (Fsp3) is 0.714. The van der Waals surface area contributed by atoms with Crippen molar-refractivity contribution in [3.63, 3.8) is 0 Å². The van der Waals surface area contributed by atoms with E-state index in [0.717, 1.165) is 23.1 Å². The molecule has 1 aromatic heterocycles. The highest BCUT2D eigenvalue weighted by Gasteiger charge is 2.27. The Morgan fingerprint density at radius 1 is 1.24 bits per heavy atom. The first-order valence-corrected chi connectivity index (χ1v) is 6.64. The average molecular weight is 233 g/mol. The molecule has 1 aliphatic carbocycles. The molecule has 0 saturated heterocycles. The van der Waals surface area contributed by atoms with Gasteiger partial charge in [0.25, 0.3) is 0 Å². The molecule has 1 fully saturated rings. The predicted molar refractivity (Wildman–Crippen MR) is 71.1 cm³/mol. The minimum Gasteiger partial charge on any atom is -0.366 e. The monoisotopic (exact) mass is 233 g/mol. The highest BCUT2D eigenvalue weighted by Crippen LogP contribution is 2.31. The van der Waals surface area contributed by atoms with Gasteiger partial charge < -0.3 is 5.32 Å². The molecule has 0 bridgehead atoms. The van der Waals surface area contributed by atoms with Crippen molar-refractivity contribution in [3.8, 4) is 0 Å². The number of rotatable bonds is 2. The van der Waals surface area contributed by atoms with Crippen LogP contribution < -0.4 is 5.32 Å². The van der Waals surface area contributed by atoms with Crippen LogP contribution in [0.5, 0.6) is 0 Å². The van der Waals surface area contributed by atoms with Crippen LogP contribution in [-0.2, 0) is 0 Å². The van der Waals surface area contributed by atoms with Gasteiger partial charge in [-0.05, 0) is 32.1 Å². The predicted octanol–water partition coefficient (Wildman–Crippen LogP) is 3.33. The normalized spacial score (nSPS) is 29.1. The fourth-order valence-corrected chi connectivity index (χ4v) is 2.64. The van der Waals surface area contributed by atoms with E-state index in [9.17, 15) is 0 Å². The lowest BCUT2D eigenvalue weighted by Gasteiger charge is -2.35. The Bertz CT molecular complexity index is 389. The van der Waals surface area contributed by atoms with E-state index in [1.165, 1.54) is 19.3 Å². The third-order valence-electron chi connectivity index (χ3n) is 4.10. The Balaban J connectivity index is 2.11. The van der Waals surface area contributed by atoms with Gasteiger partial charge in [0.1, 0.15) is 5.82 Å². The average Bonchev–Trinajstić information content (AvgIpc) is 2.30. The zero-order chi connectivity index (χ0) is 12.4. The van der Waals surface area contributed by atoms with Gasteiger partial charge in [0.05, 0.1) is 11.4 Å². The second-order valence-corrected chi connectivity index (χ2v) is 5.46. The molecule has 1 saturated carbocycles. The molecule has 1 aliphatic rings. The lowest BCUT2D eigenvalue weighted by atomic mass is 9.78. The number of nitrogens with one attached hydrogen (secondary N) is 1. The molecule has 1 heterocycles. The SMILES string of the molecule is Cc1cnc(C)c(N[C@@H]2CCC[C@@H](C)[C@@H]2C)n1. The summed E-state index contributed by atoms with van der Waals surface area (Å²) in [6.07, 6.45) is 5.76. The van der Waals surface area contributed by atoms with Crippen molar-refractivity contribution in [3.05, 3.63) is 17.6 Å². The summed E-state index contributed by atoms with van der Waals surface area (Å²) < 4.78 is 0. The summed E-state index contributed by atoms with van der Waals surface area (Å²) in [5, 5.41) is 3.60. The molecular formula is C14H23N3. The van der Waals surface area contributed by atoms with Crippen molar-refractivity contribution in [1.29, 1.82) is 0 Å². The molecule has 0 aromatic carbocycles. The van der Waals surface area contributed by atoms with Gasteiger partial charge in [-0.1, -0.05) is 26.7 Å². The molecule has 3 atom stereocenters. The van der Waals surface area contributed by atoms with Crippen molar-refractivity contribution in [2.75, 3.05) is 5.32 Å². The Labute approximate surface area is 104 Å². The van der Waals surface area contributed by atoms with E-state index < -0.39 is 0 Å². The summed E-state index contributed by atoms with van der Waals surface area (Å²) in [4.78, 5) is 8.92. The van der Waals surface area contributed by atoms with Crippen LogP contribution in [0.25, 0.3) is 0 Å². The van der Waals surface area contributed by atoms with Gasteiger partial charge in [-0.25, -0.2) is 4.98 Å². The van der Waals surface area contributed by atoms with Gasteiger partial charge in [-0.15, -0.1) is 0 Å². The van der Waals surface area contributed by atoms with Crippen LogP contribution in [0.2, 0.25) is 0 Å². The largest absolute Gasteiger partial charge is 0.366 e. The van der Waals surface area contributed by atoms with Crippen molar-refractivity contribution in [2.45, 2.75) is 53.0 Å². The van der Waals surface area contributed by atoms with E-state index in [0.29, 0.717) is 12.0 Å². The summed E-state index contributed by atoms with van der Waals surface area (Å²) in [6.45, 7) is 8.71.